The minimum atomic E-state index is -0.687. The first-order valence-electron chi connectivity index (χ1n) is 8.02. The molecule has 2 aromatic carbocycles. The number of nitriles is 1. The summed E-state index contributed by atoms with van der Waals surface area (Å²) in [5.74, 6) is -0.687. The Morgan fingerprint density at radius 2 is 1.73 bits per heavy atom. The third kappa shape index (κ3) is 3.10. The van der Waals surface area contributed by atoms with Gasteiger partial charge in [-0.05, 0) is 24.6 Å². The van der Waals surface area contributed by atoms with Crippen molar-refractivity contribution in [3.05, 3.63) is 82.3 Å². The average Bonchev–Trinajstić information content (AvgIpc) is 2.69. The fraction of sp³-hybridized carbons (Fsp3) is 0.100. The zero-order valence-corrected chi connectivity index (χ0v) is 14.0. The number of hydrogen-bond donors (Lipinski definition) is 0. The Kier molecular flexibility index (Phi) is 4.90. The van der Waals surface area contributed by atoms with Gasteiger partial charge in [0, 0.05) is 5.56 Å². The molecule has 3 rings (SSSR count). The van der Waals surface area contributed by atoms with E-state index in [4.69, 9.17) is 4.74 Å². The summed E-state index contributed by atoms with van der Waals surface area (Å²) in [6, 6.07) is 19.3. The topological polar surface area (TPSA) is 85.0 Å². The van der Waals surface area contributed by atoms with Crippen LogP contribution in [0.2, 0.25) is 0 Å². The summed E-state index contributed by atoms with van der Waals surface area (Å²) < 4.78 is 6.15. The largest absolute Gasteiger partial charge is 0.461 e. The van der Waals surface area contributed by atoms with Gasteiger partial charge < -0.3 is 4.74 Å². The Labute approximate surface area is 149 Å². The fourth-order valence-corrected chi connectivity index (χ4v) is 2.60. The number of carbonyl (C=O) groups excluding carboxylic acids is 1. The molecule has 0 saturated carbocycles. The van der Waals surface area contributed by atoms with Gasteiger partial charge in [0.1, 0.15) is 11.6 Å². The van der Waals surface area contributed by atoms with Crippen molar-refractivity contribution < 1.29 is 9.53 Å². The number of carbonyl (C=O) groups is 1. The Morgan fingerprint density at radius 1 is 1.12 bits per heavy atom. The molecule has 6 heteroatoms. The van der Waals surface area contributed by atoms with E-state index >= 15 is 0 Å². The van der Waals surface area contributed by atoms with E-state index in [0.717, 1.165) is 4.68 Å². The van der Waals surface area contributed by atoms with Gasteiger partial charge in [-0.2, -0.15) is 15.0 Å². The van der Waals surface area contributed by atoms with Crippen LogP contribution < -0.4 is 5.56 Å². The van der Waals surface area contributed by atoms with E-state index in [-0.39, 0.29) is 23.4 Å². The van der Waals surface area contributed by atoms with Gasteiger partial charge in [-0.25, -0.2) is 4.79 Å². The molecular weight excluding hydrogens is 330 g/mol. The highest BCUT2D eigenvalue weighted by molar-refractivity contribution is 5.96. The van der Waals surface area contributed by atoms with E-state index < -0.39 is 11.5 Å². The summed E-state index contributed by atoms with van der Waals surface area (Å²) in [6.07, 6.45) is 0. The van der Waals surface area contributed by atoms with Crippen LogP contribution in [0.4, 0.5) is 0 Å². The van der Waals surface area contributed by atoms with Crippen molar-refractivity contribution in [2.24, 2.45) is 0 Å². The smallest absolute Gasteiger partial charge is 0.359 e. The van der Waals surface area contributed by atoms with Gasteiger partial charge in [-0.15, -0.1) is 0 Å². The first-order chi connectivity index (χ1) is 12.7. The standard InChI is InChI=1S/C20H15N3O3/c1-2-26-20(25)18-17(14-9-5-3-6-10-14)16(13-21)19(24)23(22-18)15-11-7-4-8-12-15/h3-12H,2H2,1H3. The van der Waals surface area contributed by atoms with E-state index in [2.05, 4.69) is 5.10 Å². The number of benzene rings is 2. The van der Waals surface area contributed by atoms with E-state index in [1.807, 2.05) is 6.07 Å². The monoisotopic (exact) mass is 345 g/mol. The van der Waals surface area contributed by atoms with Crippen LogP contribution in [0.15, 0.2) is 65.5 Å². The molecule has 0 saturated heterocycles. The normalized spacial score (nSPS) is 10.2. The molecule has 0 amide bonds. The van der Waals surface area contributed by atoms with Gasteiger partial charge in [-0.1, -0.05) is 48.5 Å². The van der Waals surface area contributed by atoms with Crippen LogP contribution in [0.3, 0.4) is 0 Å². The summed E-state index contributed by atoms with van der Waals surface area (Å²) in [4.78, 5) is 25.3. The van der Waals surface area contributed by atoms with Gasteiger partial charge in [0.15, 0.2) is 5.69 Å². The lowest BCUT2D eigenvalue weighted by molar-refractivity contribution is 0.0518. The first kappa shape index (κ1) is 17.1. The number of aromatic nitrogens is 2. The van der Waals surface area contributed by atoms with Crippen molar-refractivity contribution in [3.63, 3.8) is 0 Å². The first-order valence-corrected chi connectivity index (χ1v) is 8.02. The van der Waals surface area contributed by atoms with Crippen molar-refractivity contribution in [1.29, 1.82) is 5.26 Å². The summed E-state index contributed by atoms with van der Waals surface area (Å²) in [7, 11) is 0. The Hall–Kier alpha value is -3.72. The zero-order chi connectivity index (χ0) is 18.5. The van der Waals surface area contributed by atoms with Crippen molar-refractivity contribution in [2.45, 2.75) is 6.92 Å². The SMILES string of the molecule is CCOC(=O)c1nn(-c2ccccc2)c(=O)c(C#N)c1-c1ccccc1. The lowest BCUT2D eigenvalue weighted by atomic mass is 9.99. The maximum atomic E-state index is 12.9. The van der Waals surface area contributed by atoms with Crippen molar-refractivity contribution >= 4 is 5.97 Å². The molecule has 0 radical (unpaired) electrons. The minimum Gasteiger partial charge on any atom is -0.461 e. The van der Waals surface area contributed by atoms with Crippen LogP contribution in [0, 0.1) is 11.3 Å². The summed E-state index contributed by atoms with van der Waals surface area (Å²) in [5.41, 5.74) is 0.376. The molecule has 0 aliphatic carbocycles. The van der Waals surface area contributed by atoms with Crippen LogP contribution >= 0.6 is 0 Å². The highest BCUT2D eigenvalue weighted by Gasteiger charge is 2.24. The fourth-order valence-electron chi connectivity index (χ4n) is 2.60. The van der Waals surface area contributed by atoms with E-state index in [9.17, 15) is 14.9 Å². The number of hydrogen-bond acceptors (Lipinski definition) is 5. The number of ether oxygens (including phenoxy) is 1. The zero-order valence-electron chi connectivity index (χ0n) is 14.0. The Bertz CT molecular complexity index is 1040. The second-order valence-electron chi connectivity index (χ2n) is 5.35. The molecule has 0 bridgehead atoms. The molecular formula is C20H15N3O3. The van der Waals surface area contributed by atoms with Gasteiger partial charge in [0.25, 0.3) is 5.56 Å². The van der Waals surface area contributed by atoms with Crippen LogP contribution in [0.1, 0.15) is 23.0 Å². The predicted molar refractivity (Wildman–Crippen MR) is 95.9 cm³/mol. The molecule has 26 heavy (non-hydrogen) atoms. The Morgan fingerprint density at radius 3 is 2.31 bits per heavy atom. The third-order valence-electron chi connectivity index (χ3n) is 3.74. The maximum absolute atomic E-state index is 12.9. The van der Waals surface area contributed by atoms with E-state index in [0.29, 0.717) is 11.3 Å². The van der Waals surface area contributed by atoms with Gasteiger partial charge in [-0.3, -0.25) is 4.79 Å². The molecule has 0 fully saturated rings. The third-order valence-corrected chi connectivity index (χ3v) is 3.74. The van der Waals surface area contributed by atoms with Crippen LogP contribution in [-0.4, -0.2) is 22.4 Å². The number of esters is 1. The molecule has 3 aromatic rings. The second kappa shape index (κ2) is 7.45. The minimum absolute atomic E-state index is 0.0712. The van der Waals surface area contributed by atoms with Crippen molar-refractivity contribution in [1.82, 2.24) is 9.78 Å². The second-order valence-corrected chi connectivity index (χ2v) is 5.35. The Balaban J connectivity index is 2.37. The quantitative estimate of drug-likeness (QED) is 0.679. The van der Waals surface area contributed by atoms with Gasteiger partial charge >= 0.3 is 5.97 Å². The summed E-state index contributed by atoms with van der Waals surface area (Å²) in [6.45, 7) is 1.83. The van der Waals surface area contributed by atoms with Crippen LogP contribution in [0.5, 0.6) is 0 Å². The molecule has 0 atom stereocenters. The van der Waals surface area contributed by atoms with Gasteiger partial charge in [0.2, 0.25) is 0 Å². The molecule has 0 aliphatic heterocycles. The van der Waals surface area contributed by atoms with Crippen molar-refractivity contribution in [2.75, 3.05) is 6.61 Å². The highest BCUT2D eigenvalue weighted by atomic mass is 16.5. The maximum Gasteiger partial charge on any atom is 0.359 e. The molecule has 6 nitrogen and oxygen atoms in total. The van der Waals surface area contributed by atoms with E-state index in [1.165, 1.54) is 0 Å². The van der Waals surface area contributed by atoms with E-state index in [1.54, 1.807) is 67.6 Å². The molecule has 128 valence electrons. The van der Waals surface area contributed by atoms with Crippen LogP contribution in [-0.2, 0) is 4.74 Å². The average molecular weight is 345 g/mol. The molecule has 0 aliphatic rings. The van der Waals surface area contributed by atoms with Gasteiger partial charge in [0.05, 0.1) is 12.3 Å². The number of nitrogens with zero attached hydrogens (tertiary/aromatic N) is 3. The molecule has 1 aromatic heterocycles. The van der Waals surface area contributed by atoms with Crippen LogP contribution in [0.25, 0.3) is 16.8 Å². The number of para-hydroxylation sites is 1. The highest BCUT2D eigenvalue weighted by Crippen LogP contribution is 2.25. The van der Waals surface area contributed by atoms with Crippen molar-refractivity contribution in [3.8, 4) is 22.9 Å². The number of rotatable bonds is 4. The molecule has 0 unspecified atom stereocenters. The molecule has 1 heterocycles. The molecule has 0 spiro atoms. The predicted octanol–water partition coefficient (Wildman–Crippen LogP) is 2.95. The summed E-state index contributed by atoms with van der Waals surface area (Å²) in [5, 5.41) is 13.8. The lowest BCUT2D eigenvalue weighted by Crippen LogP contribution is -2.28. The lowest BCUT2D eigenvalue weighted by Gasteiger charge is -2.13. The molecule has 0 N–H and O–H groups in total. The summed E-state index contributed by atoms with van der Waals surface area (Å²) >= 11 is 0.